The third-order valence-electron chi connectivity index (χ3n) is 3.16. The van der Waals surface area contributed by atoms with Crippen molar-refractivity contribution < 1.29 is 14.7 Å². The molecule has 1 aromatic carbocycles. The molecule has 6 heteroatoms. The standard InChI is InChI=1S/C14H16N2O3S/c1-3-11(13(17)18)16(2)14(19)15-10-4-5-12-9(8-10)6-7-20-12/h4-8,11H,3H2,1-2H3,(H,15,19)(H,17,18). The van der Waals surface area contributed by atoms with Crippen molar-refractivity contribution >= 4 is 39.1 Å². The molecule has 0 aliphatic carbocycles. The number of hydrogen-bond acceptors (Lipinski definition) is 3. The van der Waals surface area contributed by atoms with E-state index in [0.29, 0.717) is 12.1 Å². The van der Waals surface area contributed by atoms with Crippen molar-refractivity contribution in [2.75, 3.05) is 12.4 Å². The van der Waals surface area contributed by atoms with Crippen molar-refractivity contribution in [3.05, 3.63) is 29.6 Å². The van der Waals surface area contributed by atoms with E-state index in [1.807, 2.05) is 29.6 Å². The van der Waals surface area contributed by atoms with Crippen LogP contribution in [0.2, 0.25) is 0 Å². The van der Waals surface area contributed by atoms with Gasteiger partial charge in [0, 0.05) is 17.4 Å². The summed E-state index contributed by atoms with van der Waals surface area (Å²) in [6, 6.07) is 6.36. The van der Waals surface area contributed by atoms with Gasteiger partial charge in [-0.15, -0.1) is 11.3 Å². The third-order valence-corrected chi connectivity index (χ3v) is 4.06. The van der Waals surface area contributed by atoms with Crippen LogP contribution >= 0.6 is 11.3 Å². The number of hydrogen-bond donors (Lipinski definition) is 2. The van der Waals surface area contributed by atoms with Crippen molar-refractivity contribution in [2.45, 2.75) is 19.4 Å². The Bertz CT molecular complexity index is 638. The van der Waals surface area contributed by atoms with E-state index in [9.17, 15) is 9.59 Å². The molecular weight excluding hydrogens is 276 g/mol. The zero-order chi connectivity index (χ0) is 14.7. The maximum atomic E-state index is 12.0. The number of carboxylic acid groups (broad SMARTS) is 1. The number of amides is 2. The fourth-order valence-corrected chi connectivity index (χ4v) is 2.78. The van der Waals surface area contributed by atoms with Crippen LogP contribution in [-0.2, 0) is 4.79 Å². The Hall–Kier alpha value is -2.08. The molecule has 1 heterocycles. The molecule has 1 aromatic heterocycles. The summed E-state index contributed by atoms with van der Waals surface area (Å²) in [5, 5.41) is 14.8. The number of carbonyl (C=O) groups is 2. The van der Waals surface area contributed by atoms with Gasteiger partial charge in [-0.05, 0) is 41.5 Å². The molecule has 0 saturated carbocycles. The SMILES string of the molecule is CCC(C(=O)O)N(C)C(=O)Nc1ccc2sccc2c1. The minimum Gasteiger partial charge on any atom is -0.480 e. The van der Waals surface area contributed by atoms with Crippen molar-refractivity contribution in [3.63, 3.8) is 0 Å². The van der Waals surface area contributed by atoms with Gasteiger partial charge in [0.2, 0.25) is 0 Å². The van der Waals surface area contributed by atoms with E-state index in [0.717, 1.165) is 10.1 Å². The number of likely N-dealkylation sites (N-methyl/N-ethyl adjacent to an activating group) is 1. The zero-order valence-electron chi connectivity index (χ0n) is 11.3. The van der Waals surface area contributed by atoms with Crippen LogP contribution in [0.5, 0.6) is 0 Å². The first-order valence-electron chi connectivity index (χ1n) is 6.26. The fraction of sp³-hybridized carbons (Fsp3) is 0.286. The second-order valence-electron chi connectivity index (χ2n) is 4.48. The molecule has 1 atom stereocenters. The van der Waals surface area contributed by atoms with Gasteiger partial charge in [-0.2, -0.15) is 0 Å². The number of benzene rings is 1. The Kier molecular flexibility index (Phi) is 4.24. The summed E-state index contributed by atoms with van der Waals surface area (Å²) >= 11 is 1.63. The molecule has 0 fully saturated rings. The topological polar surface area (TPSA) is 69.6 Å². The van der Waals surface area contributed by atoms with E-state index in [1.54, 1.807) is 18.3 Å². The predicted molar refractivity (Wildman–Crippen MR) is 80.3 cm³/mol. The van der Waals surface area contributed by atoms with Crippen LogP contribution in [-0.4, -0.2) is 35.1 Å². The average Bonchev–Trinajstić information content (AvgIpc) is 2.86. The molecule has 106 valence electrons. The molecule has 1 unspecified atom stereocenters. The van der Waals surface area contributed by atoms with Crippen LogP contribution in [0.1, 0.15) is 13.3 Å². The molecule has 0 spiro atoms. The number of thiophene rings is 1. The molecule has 20 heavy (non-hydrogen) atoms. The Balaban J connectivity index is 2.12. The quantitative estimate of drug-likeness (QED) is 0.909. The number of anilines is 1. The van der Waals surface area contributed by atoms with Crippen LogP contribution in [0.25, 0.3) is 10.1 Å². The van der Waals surface area contributed by atoms with Gasteiger partial charge in [0.05, 0.1) is 0 Å². The van der Waals surface area contributed by atoms with E-state index in [2.05, 4.69) is 5.32 Å². The smallest absolute Gasteiger partial charge is 0.326 e. The minimum absolute atomic E-state index is 0.364. The molecule has 5 nitrogen and oxygen atoms in total. The van der Waals surface area contributed by atoms with Crippen molar-refractivity contribution in [1.82, 2.24) is 4.90 Å². The largest absolute Gasteiger partial charge is 0.480 e. The highest BCUT2D eigenvalue weighted by atomic mass is 32.1. The van der Waals surface area contributed by atoms with E-state index in [-0.39, 0.29) is 0 Å². The fourth-order valence-electron chi connectivity index (χ4n) is 2.01. The van der Waals surface area contributed by atoms with Crippen LogP contribution < -0.4 is 5.32 Å². The summed E-state index contributed by atoms with van der Waals surface area (Å²) in [5.41, 5.74) is 0.660. The number of carbonyl (C=O) groups excluding carboxylic acids is 1. The van der Waals surface area contributed by atoms with Gasteiger partial charge in [-0.1, -0.05) is 6.92 Å². The number of carboxylic acids is 1. The lowest BCUT2D eigenvalue weighted by Gasteiger charge is -2.24. The maximum Gasteiger partial charge on any atom is 0.326 e. The average molecular weight is 292 g/mol. The number of urea groups is 1. The second-order valence-corrected chi connectivity index (χ2v) is 5.42. The monoisotopic (exact) mass is 292 g/mol. The lowest BCUT2D eigenvalue weighted by atomic mass is 10.2. The van der Waals surface area contributed by atoms with Gasteiger partial charge in [-0.25, -0.2) is 9.59 Å². The third kappa shape index (κ3) is 2.91. The predicted octanol–water partition coefficient (Wildman–Crippen LogP) is 3.23. The van der Waals surface area contributed by atoms with E-state index >= 15 is 0 Å². The highest BCUT2D eigenvalue weighted by molar-refractivity contribution is 7.17. The van der Waals surface area contributed by atoms with Crippen LogP contribution in [0.4, 0.5) is 10.5 Å². The first kappa shape index (κ1) is 14.3. The van der Waals surface area contributed by atoms with Crippen LogP contribution in [0.15, 0.2) is 29.6 Å². The van der Waals surface area contributed by atoms with E-state index in [4.69, 9.17) is 5.11 Å². The van der Waals surface area contributed by atoms with Crippen LogP contribution in [0.3, 0.4) is 0 Å². The Morgan fingerprint density at radius 1 is 1.40 bits per heavy atom. The van der Waals surface area contributed by atoms with Gasteiger partial charge in [0.15, 0.2) is 0 Å². The summed E-state index contributed by atoms with van der Waals surface area (Å²) in [4.78, 5) is 24.3. The van der Waals surface area contributed by atoms with Crippen molar-refractivity contribution in [2.24, 2.45) is 0 Å². The Labute approximate surface area is 120 Å². The minimum atomic E-state index is -1.00. The number of nitrogens with one attached hydrogen (secondary N) is 1. The van der Waals surface area contributed by atoms with E-state index < -0.39 is 18.0 Å². The van der Waals surface area contributed by atoms with Gasteiger partial charge < -0.3 is 15.3 Å². The molecule has 2 aromatic rings. The molecule has 2 amide bonds. The molecule has 2 N–H and O–H groups in total. The summed E-state index contributed by atoms with van der Waals surface area (Å²) in [6.45, 7) is 1.74. The van der Waals surface area contributed by atoms with Crippen molar-refractivity contribution in [1.29, 1.82) is 0 Å². The molecule has 2 rings (SSSR count). The van der Waals surface area contributed by atoms with E-state index in [1.165, 1.54) is 11.9 Å². The molecule has 0 radical (unpaired) electrons. The summed E-state index contributed by atoms with van der Waals surface area (Å²) < 4.78 is 1.15. The molecule has 0 saturated heterocycles. The second kappa shape index (κ2) is 5.92. The highest BCUT2D eigenvalue weighted by Crippen LogP contribution is 2.24. The molecular formula is C14H16N2O3S. The normalized spacial score (nSPS) is 12.1. The Morgan fingerprint density at radius 3 is 2.80 bits per heavy atom. The number of rotatable bonds is 4. The van der Waals surface area contributed by atoms with Gasteiger partial charge in [0.25, 0.3) is 0 Å². The first-order chi connectivity index (χ1) is 9.52. The number of aliphatic carboxylic acids is 1. The molecule has 0 bridgehead atoms. The van der Waals surface area contributed by atoms with Gasteiger partial charge in [0.1, 0.15) is 6.04 Å². The summed E-state index contributed by atoms with van der Waals surface area (Å²) in [5.74, 6) is -1.00. The lowest BCUT2D eigenvalue weighted by Crippen LogP contribution is -2.44. The van der Waals surface area contributed by atoms with Crippen molar-refractivity contribution in [3.8, 4) is 0 Å². The Morgan fingerprint density at radius 2 is 2.15 bits per heavy atom. The molecule has 0 aliphatic rings. The summed E-state index contributed by atoms with van der Waals surface area (Å²) in [7, 11) is 1.49. The number of fused-ring (bicyclic) bond motifs is 1. The maximum absolute atomic E-state index is 12.0. The lowest BCUT2D eigenvalue weighted by molar-refractivity contribution is -0.141. The zero-order valence-corrected chi connectivity index (χ0v) is 12.1. The van der Waals surface area contributed by atoms with Crippen LogP contribution in [0, 0.1) is 0 Å². The van der Waals surface area contributed by atoms with Gasteiger partial charge >= 0.3 is 12.0 Å². The summed E-state index contributed by atoms with van der Waals surface area (Å²) in [6.07, 6.45) is 0.364. The first-order valence-corrected chi connectivity index (χ1v) is 7.14. The molecule has 0 aliphatic heterocycles. The number of nitrogens with zero attached hydrogens (tertiary/aromatic N) is 1. The van der Waals surface area contributed by atoms with Gasteiger partial charge in [-0.3, -0.25) is 0 Å². The highest BCUT2D eigenvalue weighted by Gasteiger charge is 2.24.